The summed E-state index contributed by atoms with van der Waals surface area (Å²) in [6.45, 7) is 0. The van der Waals surface area contributed by atoms with Crippen molar-refractivity contribution in [3.05, 3.63) is 104 Å². The maximum Gasteiger partial charge on any atom is 0.201 e. The number of para-hydroxylation sites is 1. The van der Waals surface area contributed by atoms with Crippen molar-refractivity contribution in [3.8, 4) is 45.0 Å². The van der Waals surface area contributed by atoms with Crippen LogP contribution in [-0.2, 0) is 0 Å². The molecule has 7 rings (SSSR count). The number of pyridine rings is 1. The maximum absolute atomic E-state index is 4.90. The third-order valence-electron chi connectivity index (χ3n) is 6.01. The Morgan fingerprint density at radius 2 is 1.24 bits per heavy atom. The molecule has 0 atom stereocenters. The molecule has 0 spiro atoms. The SMILES string of the molecule is c1cnc(-c2nc(-c3cccnc3)nc(-c3ccc(-c4nc5ccccc5s4)c4ccccc34)n2)nc1. The summed E-state index contributed by atoms with van der Waals surface area (Å²) in [5.74, 6) is 1.90. The molecule has 0 radical (unpaired) electrons. The van der Waals surface area contributed by atoms with Gasteiger partial charge >= 0.3 is 0 Å². The van der Waals surface area contributed by atoms with Crippen LogP contribution < -0.4 is 0 Å². The van der Waals surface area contributed by atoms with Crippen LogP contribution in [0.4, 0.5) is 0 Å². The van der Waals surface area contributed by atoms with Crippen molar-refractivity contribution in [2.45, 2.75) is 0 Å². The van der Waals surface area contributed by atoms with E-state index >= 15 is 0 Å². The van der Waals surface area contributed by atoms with Gasteiger partial charge in [-0.1, -0.05) is 42.5 Å². The first-order valence-corrected chi connectivity index (χ1v) is 12.5. The largest absolute Gasteiger partial charge is 0.264 e. The molecule has 4 heterocycles. The van der Waals surface area contributed by atoms with E-state index in [1.807, 2.05) is 42.5 Å². The first kappa shape index (κ1) is 21.3. The lowest BCUT2D eigenvalue weighted by molar-refractivity contribution is 1.03. The van der Waals surface area contributed by atoms with E-state index in [1.54, 1.807) is 42.2 Å². The Kier molecular flexibility index (Phi) is 5.15. The Bertz CT molecular complexity index is 1800. The molecule has 0 aliphatic rings. The van der Waals surface area contributed by atoms with Crippen LogP contribution in [0.15, 0.2) is 104 Å². The fourth-order valence-electron chi connectivity index (χ4n) is 4.30. The molecule has 8 heteroatoms. The standard InChI is InChI=1S/C29H17N7S/c1-2-9-20-19(8-1)21(12-13-22(20)29-33-23-10-3-4-11-24(23)37-29)26-34-25(18-7-5-14-30-17-18)35-28(36-26)27-31-15-6-16-32-27/h1-17H. The summed E-state index contributed by atoms with van der Waals surface area (Å²) in [7, 11) is 0. The minimum atomic E-state index is 0.406. The molecule has 0 saturated carbocycles. The molecule has 4 aromatic heterocycles. The third-order valence-corrected chi connectivity index (χ3v) is 7.08. The molecule has 0 saturated heterocycles. The zero-order chi connectivity index (χ0) is 24.6. The average Bonchev–Trinajstić information content (AvgIpc) is 3.41. The number of hydrogen-bond acceptors (Lipinski definition) is 8. The molecular weight excluding hydrogens is 478 g/mol. The second-order valence-electron chi connectivity index (χ2n) is 8.31. The van der Waals surface area contributed by atoms with Crippen molar-refractivity contribution in [2.24, 2.45) is 0 Å². The van der Waals surface area contributed by atoms with Gasteiger partial charge in [-0.05, 0) is 47.2 Å². The van der Waals surface area contributed by atoms with Crippen LogP contribution in [-0.4, -0.2) is 34.9 Å². The predicted octanol–water partition coefficient (Wildman–Crippen LogP) is 6.49. The Labute approximate surface area is 215 Å². The molecule has 7 nitrogen and oxygen atoms in total. The number of fused-ring (bicyclic) bond motifs is 2. The third kappa shape index (κ3) is 3.89. The van der Waals surface area contributed by atoms with Gasteiger partial charge in [-0.3, -0.25) is 4.98 Å². The van der Waals surface area contributed by atoms with Crippen molar-refractivity contribution in [3.63, 3.8) is 0 Å². The molecule has 174 valence electrons. The molecule has 0 aliphatic carbocycles. The Hall–Kier alpha value is -4.95. The van der Waals surface area contributed by atoms with Gasteiger partial charge in [0.05, 0.1) is 10.2 Å². The summed E-state index contributed by atoms with van der Waals surface area (Å²) >= 11 is 1.69. The quantitative estimate of drug-likeness (QED) is 0.276. The minimum Gasteiger partial charge on any atom is -0.264 e. The fourth-order valence-corrected chi connectivity index (χ4v) is 5.31. The zero-order valence-electron chi connectivity index (χ0n) is 19.4. The predicted molar refractivity (Wildman–Crippen MR) is 146 cm³/mol. The van der Waals surface area contributed by atoms with E-state index in [1.165, 1.54) is 0 Å². The molecule has 0 bridgehead atoms. The molecule has 0 aliphatic heterocycles. The Morgan fingerprint density at radius 3 is 2.05 bits per heavy atom. The number of aromatic nitrogens is 7. The van der Waals surface area contributed by atoms with Crippen molar-refractivity contribution in [1.29, 1.82) is 0 Å². The molecule has 0 unspecified atom stereocenters. The van der Waals surface area contributed by atoms with Gasteiger partial charge in [-0.2, -0.15) is 0 Å². The van der Waals surface area contributed by atoms with Gasteiger partial charge in [0, 0.05) is 41.5 Å². The monoisotopic (exact) mass is 495 g/mol. The average molecular weight is 496 g/mol. The van der Waals surface area contributed by atoms with Crippen LogP contribution >= 0.6 is 11.3 Å². The van der Waals surface area contributed by atoms with Gasteiger partial charge in [-0.25, -0.2) is 29.9 Å². The van der Waals surface area contributed by atoms with Crippen LogP contribution in [0.25, 0.3) is 66.0 Å². The number of nitrogens with zero attached hydrogens (tertiary/aromatic N) is 7. The van der Waals surface area contributed by atoms with Crippen molar-refractivity contribution < 1.29 is 0 Å². The van der Waals surface area contributed by atoms with Gasteiger partial charge in [0.2, 0.25) is 5.82 Å². The summed E-state index contributed by atoms with van der Waals surface area (Å²) in [5.41, 5.74) is 3.76. The van der Waals surface area contributed by atoms with E-state index in [2.05, 4.69) is 50.3 Å². The maximum atomic E-state index is 4.90. The topological polar surface area (TPSA) is 90.2 Å². The Balaban J connectivity index is 1.45. The van der Waals surface area contributed by atoms with Gasteiger partial charge in [0.15, 0.2) is 17.5 Å². The van der Waals surface area contributed by atoms with Gasteiger partial charge in [0.25, 0.3) is 0 Å². The van der Waals surface area contributed by atoms with Gasteiger partial charge < -0.3 is 0 Å². The van der Waals surface area contributed by atoms with Gasteiger partial charge in [-0.15, -0.1) is 11.3 Å². The fraction of sp³-hybridized carbons (Fsp3) is 0. The number of thiazole rings is 1. The highest BCUT2D eigenvalue weighted by atomic mass is 32.1. The highest BCUT2D eigenvalue weighted by molar-refractivity contribution is 7.21. The second-order valence-corrected chi connectivity index (χ2v) is 9.34. The molecule has 37 heavy (non-hydrogen) atoms. The summed E-state index contributed by atoms with van der Waals surface area (Å²) in [6, 6.07) is 26.2. The van der Waals surface area contributed by atoms with Crippen LogP contribution in [0, 0.1) is 0 Å². The summed E-state index contributed by atoms with van der Waals surface area (Å²) < 4.78 is 1.16. The smallest absolute Gasteiger partial charge is 0.201 e. The van der Waals surface area contributed by atoms with Crippen LogP contribution in [0.1, 0.15) is 0 Å². The molecule has 0 amide bonds. The highest BCUT2D eigenvalue weighted by Gasteiger charge is 2.18. The minimum absolute atomic E-state index is 0.406. The summed E-state index contributed by atoms with van der Waals surface area (Å²) in [5, 5.41) is 3.09. The first-order valence-electron chi connectivity index (χ1n) is 11.7. The van der Waals surface area contributed by atoms with Crippen LogP contribution in [0.3, 0.4) is 0 Å². The normalized spacial score (nSPS) is 11.2. The highest BCUT2D eigenvalue weighted by Crippen LogP contribution is 2.38. The number of rotatable bonds is 4. The van der Waals surface area contributed by atoms with E-state index in [9.17, 15) is 0 Å². The summed E-state index contributed by atoms with van der Waals surface area (Å²) in [6.07, 6.45) is 6.82. The lowest BCUT2D eigenvalue weighted by Crippen LogP contribution is -2.02. The van der Waals surface area contributed by atoms with E-state index in [0.29, 0.717) is 23.3 Å². The van der Waals surface area contributed by atoms with E-state index in [4.69, 9.17) is 15.0 Å². The van der Waals surface area contributed by atoms with Crippen LogP contribution in [0.5, 0.6) is 0 Å². The first-order chi connectivity index (χ1) is 18.3. The lowest BCUT2D eigenvalue weighted by atomic mass is 9.99. The van der Waals surface area contributed by atoms with Crippen molar-refractivity contribution in [1.82, 2.24) is 34.9 Å². The molecule has 3 aromatic carbocycles. The van der Waals surface area contributed by atoms with Crippen molar-refractivity contribution in [2.75, 3.05) is 0 Å². The molecule has 0 fully saturated rings. The van der Waals surface area contributed by atoms with E-state index in [0.717, 1.165) is 42.7 Å². The van der Waals surface area contributed by atoms with Gasteiger partial charge in [0.1, 0.15) is 5.01 Å². The zero-order valence-corrected chi connectivity index (χ0v) is 20.2. The molecule has 7 aromatic rings. The Morgan fingerprint density at radius 1 is 0.514 bits per heavy atom. The van der Waals surface area contributed by atoms with E-state index < -0.39 is 0 Å². The summed E-state index contributed by atoms with van der Waals surface area (Å²) in [4.78, 5) is 32.2. The second kappa shape index (κ2) is 8.92. The lowest BCUT2D eigenvalue weighted by Gasteiger charge is -2.11. The number of benzene rings is 3. The van der Waals surface area contributed by atoms with Crippen molar-refractivity contribution >= 4 is 32.3 Å². The molecule has 0 N–H and O–H groups in total. The van der Waals surface area contributed by atoms with E-state index in [-0.39, 0.29) is 0 Å². The van der Waals surface area contributed by atoms with Crippen LogP contribution in [0.2, 0.25) is 0 Å². The molecular formula is C29H17N7S. The number of hydrogen-bond donors (Lipinski definition) is 0.